The molecule has 8 heteroatoms. The number of ether oxygens (including phenoxy) is 1. The van der Waals surface area contributed by atoms with Gasteiger partial charge in [0.2, 0.25) is 0 Å². The first-order valence-corrected chi connectivity index (χ1v) is 10.9. The average molecular weight is 454 g/mol. The van der Waals surface area contributed by atoms with E-state index in [0.717, 1.165) is 17.4 Å². The Kier molecular flexibility index (Phi) is 6.46. The molecule has 2 amide bonds. The molecule has 32 heavy (non-hydrogen) atoms. The Hall–Kier alpha value is -3.32. The number of hydrogen-bond donors (Lipinski definition) is 1. The van der Waals surface area contributed by atoms with Crippen LogP contribution in [0.4, 0.5) is 4.79 Å². The quantitative estimate of drug-likeness (QED) is 0.625. The molecule has 4 rings (SSSR count). The van der Waals surface area contributed by atoms with Crippen LogP contribution in [0.15, 0.2) is 48.5 Å². The van der Waals surface area contributed by atoms with Crippen LogP contribution in [0.25, 0.3) is 22.2 Å². The number of phenols is 1. The van der Waals surface area contributed by atoms with Crippen LogP contribution in [-0.4, -0.2) is 64.7 Å². The maximum absolute atomic E-state index is 13.1. The molecule has 0 atom stereocenters. The first-order valence-electron chi connectivity index (χ1n) is 10.6. The summed E-state index contributed by atoms with van der Waals surface area (Å²) in [7, 11) is 0. The number of carbonyl (C=O) groups is 2. The number of amides is 2. The van der Waals surface area contributed by atoms with Gasteiger partial charge in [0.05, 0.1) is 22.8 Å². The van der Waals surface area contributed by atoms with E-state index in [4.69, 9.17) is 16.3 Å². The van der Waals surface area contributed by atoms with Crippen molar-refractivity contribution in [2.45, 2.75) is 13.3 Å². The van der Waals surface area contributed by atoms with Gasteiger partial charge in [0, 0.05) is 42.7 Å². The second-order valence-corrected chi connectivity index (χ2v) is 8.07. The maximum atomic E-state index is 13.1. The molecule has 1 aromatic heterocycles. The fraction of sp³-hybridized carbons (Fsp3) is 0.292. The Bertz CT molecular complexity index is 1140. The van der Waals surface area contributed by atoms with E-state index < -0.39 is 0 Å². The van der Waals surface area contributed by atoms with E-state index >= 15 is 0 Å². The summed E-state index contributed by atoms with van der Waals surface area (Å²) in [6.45, 7) is 4.12. The first kappa shape index (κ1) is 21.9. The summed E-state index contributed by atoms with van der Waals surface area (Å²) in [6, 6.07) is 13.8. The zero-order valence-corrected chi connectivity index (χ0v) is 18.5. The van der Waals surface area contributed by atoms with Gasteiger partial charge < -0.3 is 19.6 Å². The highest BCUT2D eigenvalue weighted by atomic mass is 35.5. The molecule has 2 aromatic carbocycles. The van der Waals surface area contributed by atoms with Gasteiger partial charge in [-0.2, -0.15) is 0 Å². The number of benzene rings is 2. The van der Waals surface area contributed by atoms with Crippen molar-refractivity contribution < 1.29 is 19.4 Å². The highest BCUT2D eigenvalue weighted by Gasteiger charge is 2.26. The Morgan fingerprint density at radius 1 is 1.03 bits per heavy atom. The van der Waals surface area contributed by atoms with Crippen molar-refractivity contribution in [3.8, 4) is 17.0 Å². The summed E-state index contributed by atoms with van der Waals surface area (Å²) < 4.78 is 5.17. The van der Waals surface area contributed by atoms with E-state index in [2.05, 4.69) is 4.98 Å². The standard InChI is InChI=1S/C24H24ClN3O4/c1-2-13-32-24(31)28-11-9-27(10-12-28)23(30)17-5-8-19-20(25)15-21(26-22(19)14-17)16-3-6-18(29)7-4-16/h3-8,14-15,29H,2,9-13H2,1H3. The number of phenolic OH excluding ortho intramolecular Hbond substituents is 1. The molecular formula is C24H24ClN3O4. The van der Waals surface area contributed by atoms with E-state index in [0.29, 0.717) is 54.6 Å². The number of carbonyl (C=O) groups excluding carboxylic acids is 2. The van der Waals surface area contributed by atoms with Crippen LogP contribution in [0.5, 0.6) is 5.75 Å². The highest BCUT2D eigenvalue weighted by Crippen LogP contribution is 2.29. The van der Waals surface area contributed by atoms with Crippen molar-refractivity contribution in [2.24, 2.45) is 0 Å². The van der Waals surface area contributed by atoms with E-state index in [1.807, 2.05) is 6.92 Å². The van der Waals surface area contributed by atoms with Gasteiger partial charge in [-0.1, -0.05) is 24.6 Å². The van der Waals surface area contributed by atoms with Gasteiger partial charge in [-0.05, 0) is 48.9 Å². The van der Waals surface area contributed by atoms with Gasteiger partial charge in [0.15, 0.2) is 0 Å². The molecular weight excluding hydrogens is 430 g/mol. The molecule has 1 aliphatic heterocycles. The molecule has 0 radical (unpaired) electrons. The number of aromatic nitrogens is 1. The molecule has 166 valence electrons. The lowest BCUT2D eigenvalue weighted by atomic mass is 10.1. The number of halogens is 1. The van der Waals surface area contributed by atoms with Crippen molar-refractivity contribution in [3.63, 3.8) is 0 Å². The smallest absolute Gasteiger partial charge is 0.409 e. The largest absolute Gasteiger partial charge is 0.508 e. The van der Waals surface area contributed by atoms with Crippen molar-refractivity contribution in [2.75, 3.05) is 32.8 Å². The van der Waals surface area contributed by atoms with E-state index in [9.17, 15) is 14.7 Å². The minimum Gasteiger partial charge on any atom is -0.508 e. The summed E-state index contributed by atoms with van der Waals surface area (Å²) >= 11 is 6.47. The lowest BCUT2D eigenvalue weighted by Gasteiger charge is -2.34. The van der Waals surface area contributed by atoms with Crippen LogP contribution in [0, 0.1) is 0 Å². The summed E-state index contributed by atoms with van der Waals surface area (Å²) in [5.41, 5.74) is 2.61. The van der Waals surface area contributed by atoms with Crippen LogP contribution in [0.2, 0.25) is 5.02 Å². The van der Waals surface area contributed by atoms with Gasteiger partial charge in [-0.25, -0.2) is 9.78 Å². The monoisotopic (exact) mass is 453 g/mol. The second-order valence-electron chi connectivity index (χ2n) is 7.66. The zero-order chi connectivity index (χ0) is 22.7. The van der Waals surface area contributed by atoms with Gasteiger partial charge in [-0.15, -0.1) is 0 Å². The van der Waals surface area contributed by atoms with Crippen LogP contribution in [0.3, 0.4) is 0 Å². The molecule has 1 aliphatic rings. The van der Waals surface area contributed by atoms with Crippen LogP contribution >= 0.6 is 11.6 Å². The summed E-state index contributed by atoms with van der Waals surface area (Å²) in [6.07, 6.45) is 0.448. The molecule has 0 unspecified atom stereocenters. The second kappa shape index (κ2) is 9.44. The molecule has 0 bridgehead atoms. The minimum atomic E-state index is -0.328. The summed E-state index contributed by atoms with van der Waals surface area (Å²) in [4.78, 5) is 33.1. The number of hydrogen-bond acceptors (Lipinski definition) is 5. The zero-order valence-electron chi connectivity index (χ0n) is 17.8. The first-order chi connectivity index (χ1) is 15.5. The normalized spacial score (nSPS) is 13.9. The van der Waals surface area contributed by atoms with Gasteiger partial charge in [-0.3, -0.25) is 4.79 Å². The summed E-state index contributed by atoms with van der Waals surface area (Å²) in [5.74, 6) is 0.0636. The topological polar surface area (TPSA) is 83.0 Å². The lowest BCUT2D eigenvalue weighted by molar-refractivity contribution is 0.0560. The van der Waals surface area contributed by atoms with Crippen molar-refractivity contribution in [3.05, 3.63) is 59.1 Å². The fourth-order valence-electron chi connectivity index (χ4n) is 3.65. The third-order valence-electron chi connectivity index (χ3n) is 5.42. The average Bonchev–Trinajstić information content (AvgIpc) is 2.82. The Morgan fingerprint density at radius 2 is 1.72 bits per heavy atom. The van der Waals surface area contributed by atoms with E-state index in [1.54, 1.807) is 58.3 Å². The van der Waals surface area contributed by atoms with Crippen molar-refractivity contribution in [1.82, 2.24) is 14.8 Å². The molecule has 0 spiro atoms. The van der Waals surface area contributed by atoms with Crippen LogP contribution in [0.1, 0.15) is 23.7 Å². The number of pyridine rings is 1. The van der Waals surface area contributed by atoms with Crippen molar-refractivity contribution >= 4 is 34.5 Å². The Labute approximate surface area is 191 Å². The summed E-state index contributed by atoms with van der Waals surface area (Å²) in [5, 5.41) is 10.8. The van der Waals surface area contributed by atoms with E-state index in [-0.39, 0.29) is 17.7 Å². The van der Waals surface area contributed by atoms with Crippen LogP contribution in [-0.2, 0) is 4.74 Å². The van der Waals surface area contributed by atoms with Crippen LogP contribution < -0.4 is 0 Å². The maximum Gasteiger partial charge on any atom is 0.409 e. The lowest BCUT2D eigenvalue weighted by Crippen LogP contribution is -2.50. The number of fused-ring (bicyclic) bond motifs is 1. The van der Waals surface area contributed by atoms with Gasteiger partial charge >= 0.3 is 6.09 Å². The molecule has 1 fully saturated rings. The van der Waals surface area contributed by atoms with E-state index in [1.165, 1.54) is 0 Å². The number of aromatic hydroxyl groups is 1. The molecule has 7 nitrogen and oxygen atoms in total. The van der Waals surface area contributed by atoms with Gasteiger partial charge in [0.1, 0.15) is 5.75 Å². The third-order valence-corrected chi connectivity index (χ3v) is 5.74. The molecule has 2 heterocycles. The minimum absolute atomic E-state index is 0.110. The Morgan fingerprint density at radius 3 is 2.41 bits per heavy atom. The molecule has 1 saturated heterocycles. The predicted molar refractivity (Wildman–Crippen MR) is 123 cm³/mol. The third kappa shape index (κ3) is 4.62. The number of rotatable bonds is 4. The molecule has 3 aromatic rings. The Balaban J connectivity index is 1.52. The number of piperazine rings is 1. The molecule has 0 saturated carbocycles. The fourth-order valence-corrected chi connectivity index (χ4v) is 3.92. The van der Waals surface area contributed by atoms with Crippen molar-refractivity contribution in [1.29, 1.82) is 0 Å². The molecule has 1 N–H and O–H groups in total. The van der Waals surface area contributed by atoms with Gasteiger partial charge in [0.25, 0.3) is 5.91 Å². The predicted octanol–water partition coefficient (Wildman–Crippen LogP) is 4.57. The molecule has 0 aliphatic carbocycles. The SMILES string of the molecule is CCCOC(=O)N1CCN(C(=O)c2ccc3c(Cl)cc(-c4ccc(O)cc4)nc3c2)CC1. The highest BCUT2D eigenvalue weighted by molar-refractivity contribution is 6.35. The number of nitrogens with zero attached hydrogens (tertiary/aromatic N) is 3.